The summed E-state index contributed by atoms with van der Waals surface area (Å²) in [6, 6.07) is 4.64. The molecule has 0 radical (unpaired) electrons. The Labute approximate surface area is 69.4 Å². The third kappa shape index (κ3) is 1.71. The largest absolute Gasteiger partial charge is 0.508 e. The summed E-state index contributed by atoms with van der Waals surface area (Å²) in [4.78, 5) is 10.2. The summed E-state index contributed by atoms with van der Waals surface area (Å²) in [5, 5.41) is 9.18. The average Bonchev–Trinajstić information content (AvgIpc) is 2.04. The summed E-state index contributed by atoms with van der Waals surface area (Å²) in [6.45, 7) is 0. The maximum Gasteiger partial charge on any atom is 0.150 e. The highest BCUT2D eigenvalue weighted by Crippen LogP contribution is 2.19. The molecule has 0 aromatic heterocycles. The first-order valence-corrected chi connectivity index (χ1v) is 3.64. The molecule has 0 aliphatic heterocycles. The van der Waals surface area contributed by atoms with E-state index in [9.17, 15) is 9.90 Å². The van der Waals surface area contributed by atoms with Gasteiger partial charge in [0.1, 0.15) is 12.0 Å². The zero-order chi connectivity index (χ0) is 8.27. The van der Waals surface area contributed by atoms with Gasteiger partial charge in [-0.05, 0) is 6.07 Å². The number of phenols is 1. The summed E-state index contributed by atoms with van der Waals surface area (Å²) < 4.78 is 0. The number of hydrogen-bond acceptors (Lipinski definition) is 2. The first-order valence-electron chi connectivity index (χ1n) is 3.11. The highest BCUT2D eigenvalue weighted by Gasteiger charge is 1.99. The number of halogens is 1. The Morgan fingerprint density at radius 3 is 2.73 bits per heavy atom. The van der Waals surface area contributed by atoms with Crippen LogP contribution >= 0.6 is 11.6 Å². The van der Waals surface area contributed by atoms with E-state index in [0.29, 0.717) is 17.4 Å². The number of aldehydes is 1. The molecule has 0 heterocycles. The van der Waals surface area contributed by atoms with Gasteiger partial charge in [-0.2, -0.15) is 0 Å². The normalized spacial score (nSPS) is 9.55. The van der Waals surface area contributed by atoms with E-state index < -0.39 is 0 Å². The predicted molar refractivity (Wildman–Crippen MR) is 43.1 cm³/mol. The lowest BCUT2D eigenvalue weighted by molar-refractivity contribution is 0.112. The topological polar surface area (TPSA) is 37.3 Å². The Balaban J connectivity index is 3.09. The van der Waals surface area contributed by atoms with Gasteiger partial charge in [0.15, 0.2) is 0 Å². The molecule has 58 valence electrons. The third-order valence-electron chi connectivity index (χ3n) is 1.39. The molecule has 0 saturated heterocycles. The van der Waals surface area contributed by atoms with E-state index in [-0.39, 0.29) is 11.6 Å². The molecule has 1 aromatic rings. The summed E-state index contributed by atoms with van der Waals surface area (Å²) in [5.41, 5.74) is 1.09. The highest BCUT2D eigenvalue weighted by molar-refractivity contribution is 6.17. The first kappa shape index (κ1) is 8.08. The van der Waals surface area contributed by atoms with E-state index in [1.807, 2.05) is 0 Å². The predicted octanol–water partition coefficient (Wildman–Crippen LogP) is 1.94. The lowest BCUT2D eigenvalue weighted by atomic mass is 10.1. The van der Waals surface area contributed by atoms with Crippen LogP contribution in [0.25, 0.3) is 0 Å². The van der Waals surface area contributed by atoms with Gasteiger partial charge in [0.05, 0.1) is 5.88 Å². The second kappa shape index (κ2) is 3.39. The van der Waals surface area contributed by atoms with Crippen LogP contribution in [0, 0.1) is 0 Å². The van der Waals surface area contributed by atoms with Gasteiger partial charge in [-0.1, -0.05) is 12.1 Å². The fourth-order valence-electron chi connectivity index (χ4n) is 0.767. The van der Waals surface area contributed by atoms with Gasteiger partial charge in [-0.25, -0.2) is 0 Å². The monoisotopic (exact) mass is 170 g/mol. The van der Waals surface area contributed by atoms with E-state index in [1.165, 1.54) is 6.07 Å². The minimum Gasteiger partial charge on any atom is -0.508 e. The van der Waals surface area contributed by atoms with Gasteiger partial charge in [0.25, 0.3) is 0 Å². The van der Waals surface area contributed by atoms with Crippen molar-refractivity contribution in [1.82, 2.24) is 0 Å². The minimum atomic E-state index is 0.0737. The van der Waals surface area contributed by atoms with Gasteiger partial charge < -0.3 is 5.11 Å². The summed E-state index contributed by atoms with van der Waals surface area (Å²) >= 11 is 5.48. The molecule has 0 unspecified atom stereocenters. The second-order valence-electron chi connectivity index (χ2n) is 2.14. The Morgan fingerprint density at radius 2 is 2.27 bits per heavy atom. The Kier molecular flexibility index (Phi) is 2.49. The zero-order valence-electron chi connectivity index (χ0n) is 5.75. The van der Waals surface area contributed by atoms with Crippen molar-refractivity contribution in [3.63, 3.8) is 0 Å². The van der Waals surface area contributed by atoms with Crippen molar-refractivity contribution >= 4 is 17.9 Å². The van der Waals surface area contributed by atoms with Crippen LogP contribution in [0.2, 0.25) is 0 Å². The van der Waals surface area contributed by atoms with Gasteiger partial charge in [-0.15, -0.1) is 11.6 Å². The molecular formula is C8H7ClO2. The molecule has 0 atom stereocenters. The number of hydrogen-bond donors (Lipinski definition) is 1. The molecule has 0 bridgehead atoms. The third-order valence-corrected chi connectivity index (χ3v) is 1.68. The number of carbonyl (C=O) groups is 1. The lowest BCUT2D eigenvalue weighted by Gasteiger charge is -1.99. The van der Waals surface area contributed by atoms with E-state index in [4.69, 9.17) is 11.6 Å². The number of phenolic OH excluding ortho intramolecular Hbond substituents is 1. The Bertz CT molecular complexity index is 271. The van der Waals surface area contributed by atoms with Crippen LogP contribution in [-0.2, 0) is 5.88 Å². The van der Waals surface area contributed by atoms with Crippen LogP contribution in [0.15, 0.2) is 18.2 Å². The van der Waals surface area contributed by atoms with Gasteiger partial charge >= 0.3 is 0 Å². The molecule has 3 heteroatoms. The maximum atomic E-state index is 10.2. The van der Waals surface area contributed by atoms with E-state index in [2.05, 4.69) is 0 Å². The molecule has 1 rings (SSSR count). The number of aromatic hydroxyl groups is 1. The zero-order valence-corrected chi connectivity index (χ0v) is 6.51. The molecular weight excluding hydrogens is 164 g/mol. The fraction of sp³-hybridized carbons (Fsp3) is 0.125. The number of rotatable bonds is 2. The maximum absolute atomic E-state index is 10.2. The molecule has 0 aliphatic rings. The quantitative estimate of drug-likeness (QED) is 0.544. The van der Waals surface area contributed by atoms with Gasteiger partial charge in [-0.3, -0.25) is 4.79 Å². The van der Waals surface area contributed by atoms with Crippen molar-refractivity contribution in [2.75, 3.05) is 0 Å². The summed E-state index contributed by atoms with van der Waals surface area (Å²) in [6.07, 6.45) is 0.678. The smallest absolute Gasteiger partial charge is 0.150 e. The van der Waals surface area contributed by atoms with E-state index in [1.54, 1.807) is 12.1 Å². The summed E-state index contributed by atoms with van der Waals surface area (Å²) in [7, 11) is 0. The Morgan fingerprint density at radius 1 is 1.55 bits per heavy atom. The molecule has 0 fully saturated rings. The fourth-order valence-corrected chi connectivity index (χ4v) is 0.993. The number of carbonyl (C=O) groups excluding carboxylic acids is 1. The van der Waals surface area contributed by atoms with Crippen molar-refractivity contribution < 1.29 is 9.90 Å². The molecule has 1 N–H and O–H groups in total. The van der Waals surface area contributed by atoms with Crippen LogP contribution in [0.4, 0.5) is 0 Å². The van der Waals surface area contributed by atoms with Crippen molar-refractivity contribution in [2.45, 2.75) is 5.88 Å². The second-order valence-corrected chi connectivity index (χ2v) is 2.41. The number of alkyl halides is 1. The number of benzene rings is 1. The Hall–Kier alpha value is -1.02. The standard InChI is InChI=1S/C8H7ClO2/c9-4-7-2-1-6(5-10)3-8(7)11/h1-3,5,11H,4H2. The van der Waals surface area contributed by atoms with E-state index >= 15 is 0 Å². The van der Waals surface area contributed by atoms with Gasteiger partial charge in [0.2, 0.25) is 0 Å². The van der Waals surface area contributed by atoms with Crippen LogP contribution in [0.5, 0.6) is 5.75 Å². The first-order chi connectivity index (χ1) is 5.27. The van der Waals surface area contributed by atoms with Crippen molar-refractivity contribution in [3.8, 4) is 5.75 Å². The SMILES string of the molecule is O=Cc1ccc(CCl)c(O)c1. The molecule has 0 aliphatic carbocycles. The molecule has 0 spiro atoms. The van der Waals surface area contributed by atoms with Crippen molar-refractivity contribution in [2.24, 2.45) is 0 Å². The van der Waals surface area contributed by atoms with Crippen LogP contribution in [0.3, 0.4) is 0 Å². The molecule has 1 aromatic carbocycles. The molecule has 0 saturated carbocycles. The van der Waals surface area contributed by atoms with Crippen LogP contribution in [0.1, 0.15) is 15.9 Å². The molecule has 2 nitrogen and oxygen atoms in total. The molecule has 0 amide bonds. The molecule has 11 heavy (non-hydrogen) atoms. The van der Waals surface area contributed by atoms with Crippen LogP contribution < -0.4 is 0 Å². The van der Waals surface area contributed by atoms with Crippen LogP contribution in [-0.4, -0.2) is 11.4 Å². The average molecular weight is 171 g/mol. The highest BCUT2D eigenvalue weighted by atomic mass is 35.5. The van der Waals surface area contributed by atoms with Crippen molar-refractivity contribution in [1.29, 1.82) is 0 Å². The van der Waals surface area contributed by atoms with E-state index in [0.717, 1.165) is 0 Å². The lowest BCUT2D eigenvalue weighted by Crippen LogP contribution is -1.83. The summed E-state index contributed by atoms with van der Waals surface area (Å²) in [5.74, 6) is 0.329. The van der Waals surface area contributed by atoms with Crippen molar-refractivity contribution in [3.05, 3.63) is 29.3 Å². The minimum absolute atomic E-state index is 0.0737. The van der Waals surface area contributed by atoms with Gasteiger partial charge in [0, 0.05) is 11.1 Å².